The summed E-state index contributed by atoms with van der Waals surface area (Å²) in [4.78, 5) is 0. The van der Waals surface area contributed by atoms with E-state index >= 15 is 0 Å². The lowest BCUT2D eigenvalue weighted by Gasteiger charge is -2.32. The van der Waals surface area contributed by atoms with E-state index in [-0.39, 0.29) is 0 Å². The molecule has 0 nitrogen and oxygen atoms in total. The van der Waals surface area contributed by atoms with E-state index in [1.165, 1.54) is 24.8 Å². The third-order valence-electron chi connectivity index (χ3n) is 4.85. The van der Waals surface area contributed by atoms with Crippen molar-refractivity contribution in [1.29, 1.82) is 0 Å². The van der Waals surface area contributed by atoms with Crippen LogP contribution < -0.4 is 0 Å². The predicted molar refractivity (Wildman–Crippen MR) is 73.7 cm³/mol. The molecule has 0 bridgehead atoms. The topological polar surface area (TPSA) is 0 Å². The van der Waals surface area contributed by atoms with Gasteiger partial charge in [-0.25, -0.2) is 0 Å². The summed E-state index contributed by atoms with van der Waals surface area (Å²) in [6.07, 6.45) is 10.9. The maximum absolute atomic E-state index is 2.47. The van der Waals surface area contributed by atoms with E-state index in [1.54, 1.807) is 22.3 Å². The predicted octanol–water partition coefficient (Wildman–Crippen LogP) is 4.96. The molecule has 3 aliphatic carbocycles. The lowest BCUT2D eigenvalue weighted by molar-refractivity contribution is 0.331. The van der Waals surface area contributed by atoms with Gasteiger partial charge in [0.15, 0.2) is 0 Å². The van der Waals surface area contributed by atoms with E-state index in [0.717, 1.165) is 5.92 Å². The average molecular weight is 226 g/mol. The molecule has 0 amide bonds. The highest BCUT2D eigenvalue weighted by Gasteiger charge is 2.44. The Bertz CT molecular complexity index is 492. The van der Waals surface area contributed by atoms with E-state index in [0.29, 0.717) is 5.41 Å². The van der Waals surface area contributed by atoms with Crippen LogP contribution in [0.5, 0.6) is 0 Å². The molecule has 0 aliphatic heterocycles. The molecule has 0 aromatic carbocycles. The first-order chi connectivity index (χ1) is 8.00. The van der Waals surface area contributed by atoms with Crippen molar-refractivity contribution in [2.24, 2.45) is 11.3 Å². The molecule has 0 aromatic heterocycles. The first-order valence-corrected chi connectivity index (χ1v) is 6.78. The second-order valence-electron chi connectivity index (χ2n) is 6.50. The lowest BCUT2D eigenvalue weighted by Crippen LogP contribution is -2.23. The zero-order chi connectivity index (χ0) is 12.2. The van der Waals surface area contributed by atoms with Gasteiger partial charge in [-0.2, -0.15) is 0 Å². The molecule has 1 atom stereocenters. The summed E-state index contributed by atoms with van der Waals surface area (Å²) >= 11 is 0. The number of rotatable bonds is 0. The number of hydrogen-bond donors (Lipinski definition) is 0. The fourth-order valence-electron chi connectivity index (χ4n) is 3.73. The molecular formula is C17H22. The molecule has 0 heteroatoms. The van der Waals surface area contributed by atoms with E-state index in [2.05, 4.69) is 45.9 Å². The van der Waals surface area contributed by atoms with Gasteiger partial charge >= 0.3 is 0 Å². The molecule has 17 heavy (non-hydrogen) atoms. The second kappa shape index (κ2) is 3.48. The van der Waals surface area contributed by atoms with Crippen molar-refractivity contribution in [3.63, 3.8) is 0 Å². The average Bonchev–Trinajstić information content (AvgIpc) is 2.49. The molecule has 0 aromatic rings. The SMILES string of the molecule is CC1=CC2=C(CC1)C1=CC=C(C)CC1C2(C)C. The van der Waals surface area contributed by atoms with Gasteiger partial charge in [-0.05, 0) is 61.2 Å². The van der Waals surface area contributed by atoms with Gasteiger partial charge < -0.3 is 0 Å². The van der Waals surface area contributed by atoms with E-state index in [1.807, 2.05) is 0 Å². The minimum Gasteiger partial charge on any atom is -0.0727 e. The van der Waals surface area contributed by atoms with Crippen molar-refractivity contribution < 1.29 is 0 Å². The molecule has 0 N–H and O–H groups in total. The van der Waals surface area contributed by atoms with Crippen molar-refractivity contribution in [3.05, 3.63) is 46.1 Å². The molecule has 90 valence electrons. The van der Waals surface area contributed by atoms with Crippen LogP contribution in [-0.2, 0) is 0 Å². The summed E-state index contributed by atoms with van der Waals surface area (Å²) in [7, 11) is 0. The first kappa shape index (κ1) is 11.1. The quantitative estimate of drug-likeness (QED) is 0.548. The summed E-state index contributed by atoms with van der Waals surface area (Å²) < 4.78 is 0. The Balaban J connectivity index is 2.15. The summed E-state index contributed by atoms with van der Waals surface area (Å²) in [6, 6.07) is 0. The van der Waals surface area contributed by atoms with Gasteiger partial charge in [0.05, 0.1) is 0 Å². The van der Waals surface area contributed by atoms with Crippen LogP contribution in [0.15, 0.2) is 46.1 Å². The number of hydrogen-bond acceptors (Lipinski definition) is 0. The molecule has 3 aliphatic rings. The lowest BCUT2D eigenvalue weighted by atomic mass is 9.72. The zero-order valence-electron chi connectivity index (χ0n) is 11.4. The first-order valence-electron chi connectivity index (χ1n) is 6.78. The molecule has 0 radical (unpaired) electrons. The van der Waals surface area contributed by atoms with Gasteiger partial charge in [0, 0.05) is 0 Å². The Morgan fingerprint density at radius 2 is 1.82 bits per heavy atom. The van der Waals surface area contributed by atoms with Crippen LogP contribution >= 0.6 is 0 Å². The Labute approximate surface area is 105 Å². The van der Waals surface area contributed by atoms with Crippen LogP contribution in [0.4, 0.5) is 0 Å². The summed E-state index contributed by atoms with van der Waals surface area (Å²) in [5.41, 5.74) is 8.35. The van der Waals surface area contributed by atoms with Gasteiger partial charge in [-0.3, -0.25) is 0 Å². The fourth-order valence-corrected chi connectivity index (χ4v) is 3.73. The van der Waals surface area contributed by atoms with Gasteiger partial charge in [-0.1, -0.05) is 43.2 Å². The van der Waals surface area contributed by atoms with E-state index in [4.69, 9.17) is 0 Å². The van der Waals surface area contributed by atoms with Crippen molar-refractivity contribution >= 4 is 0 Å². The number of allylic oxidation sites excluding steroid dienone is 8. The van der Waals surface area contributed by atoms with E-state index < -0.39 is 0 Å². The van der Waals surface area contributed by atoms with Crippen molar-refractivity contribution in [3.8, 4) is 0 Å². The highest BCUT2D eigenvalue weighted by Crippen LogP contribution is 2.56. The third-order valence-corrected chi connectivity index (χ3v) is 4.85. The van der Waals surface area contributed by atoms with Crippen molar-refractivity contribution in [1.82, 2.24) is 0 Å². The molecule has 0 heterocycles. The van der Waals surface area contributed by atoms with E-state index in [9.17, 15) is 0 Å². The minimum absolute atomic E-state index is 0.332. The molecular weight excluding hydrogens is 204 g/mol. The highest BCUT2D eigenvalue weighted by molar-refractivity contribution is 5.57. The smallest absolute Gasteiger partial charge is 0.00289 e. The maximum atomic E-state index is 2.47. The van der Waals surface area contributed by atoms with Crippen LogP contribution in [0.3, 0.4) is 0 Å². The Morgan fingerprint density at radius 3 is 2.59 bits per heavy atom. The Kier molecular flexibility index (Phi) is 2.26. The summed E-state index contributed by atoms with van der Waals surface area (Å²) in [5.74, 6) is 0.722. The Morgan fingerprint density at radius 1 is 1.06 bits per heavy atom. The van der Waals surface area contributed by atoms with Gasteiger partial charge in [0.25, 0.3) is 0 Å². The van der Waals surface area contributed by atoms with Crippen LogP contribution in [-0.4, -0.2) is 0 Å². The van der Waals surface area contributed by atoms with Crippen LogP contribution in [0, 0.1) is 11.3 Å². The van der Waals surface area contributed by atoms with Crippen molar-refractivity contribution in [2.45, 2.75) is 47.0 Å². The van der Waals surface area contributed by atoms with Crippen molar-refractivity contribution in [2.75, 3.05) is 0 Å². The molecule has 0 fully saturated rings. The third kappa shape index (κ3) is 1.50. The summed E-state index contributed by atoms with van der Waals surface area (Å²) in [6.45, 7) is 9.41. The molecule has 1 unspecified atom stereocenters. The maximum Gasteiger partial charge on any atom is -0.00289 e. The molecule has 0 saturated carbocycles. The van der Waals surface area contributed by atoms with Gasteiger partial charge in [-0.15, -0.1) is 0 Å². The van der Waals surface area contributed by atoms with Gasteiger partial charge in [0.1, 0.15) is 0 Å². The monoisotopic (exact) mass is 226 g/mol. The normalized spacial score (nSPS) is 30.4. The van der Waals surface area contributed by atoms with Crippen LogP contribution in [0.1, 0.15) is 47.0 Å². The van der Waals surface area contributed by atoms with Crippen LogP contribution in [0.2, 0.25) is 0 Å². The second-order valence-corrected chi connectivity index (χ2v) is 6.50. The zero-order valence-corrected chi connectivity index (χ0v) is 11.4. The molecule has 0 saturated heterocycles. The molecule has 0 spiro atoms. The summed E-state index contributed by atoms with van der Waals surface area (Å²) in [5, 5.41) is 0. The molecule has 3 rings (SSSR count). The van der Waals surface area contributed by atoms with Crippen LogP contribution in [0.25, 0.3) is 0 Å². The van der Waals surface area contributed by atoms with Gasteiger partial charge in [0.2, 0.25) is 0 Å². The highest BCUT2D eigenvalue weighted by atomic mass is 14.5. The minimum atomic E-state index is 0.332. The fraction of sp³-hybridized carbons (Fsp3) is 0.529. The standard InChI is InChI=1S/C17H22/c1-11-5-7-13-14-8-6-12(2)10-16(14)17(3,4)15(13)9-11/h5,7,10,15H,6,8-9H2,1-4H3. The largest absolute Gasteiger partial charge is 0.0727 e. The number of fused-ring (bicyclic) bond motifs is 2. The Hall–Kier alpha value is -1.04.